The summed E-state index contributed by atoms with van der Waals surface area (Å²) in [7, 11) is 1.63. The van der Waals surface area contributed by atoms with E-state index >= 15 is 0 Å². The number of methoxy groups -OCH3 is 1. The van der Waals surface area contributed by atoms with Crippen molar-refractivity contribution in [3.8, 4) is 0 Å². The molecule has 0 spiro atoms. The van der Waals surface area contributed by atoms with E-state index in [-0.39, 0.29) is 11.9 Å². The van der Waals surface area contributed by atoms with Crippen LogP contribution in [0.2, 0.25) is 0 Å². The minimum atomic E-state index is -0.302. The van der Waals surface area contributed by atoms with Crippen LogP contribution in [0, 0.1) is 0 Å². The topological polar surface area (TPSA) is 79.9 Å². The maximum absolute atomic E-state index is 12.5. The quantitative estimate of drug-likeness (QED) is 0.620. The van der Waals surface area contributed by atoms with Crippen LogP contribution < -0.4 is 10.6 Å². The van der Waals surface area contributed by atoms with Gasteiger partial charge in [-0.1, -0.05) is 24.3 Å². The highest BCUT2D eigenvalue weighted by atomic mass is 16.5. The molecule has 0 atom stereocenters. The predicted octanol–water partition coefficient (Wildman–Crippen LogP) is 3.41. The summed E-state index contributed by atoms with van der Waals surface area (Å²) in [4.78, 5) is 26.7. The summed E-state index contributed by atoms with van der Waals surface area (Å²) in [5, 5.41) is 5.67. The molecule has 30 heavy (non-hydrogen) atoms. The Hall–Kier alpha value is -2.90. The molecule has 0 aliphatic carbocycles. The van der Waals surface area contributed by atoms with E-state index in [0.29, 0.717) is 37.6 Å². The van der Waals surface area contributed by atoms with Gasteiger partial charge >= 0.3 is 6.03 Å². The summed E-state index contributed by atoms with van der Waals surface area (Å²) in [5.41, 5.74) is 3.21. The molecule has 0 saturated carbocycles. The molecule has 1 aliphatic rings. The summed E-state index contributed by atoms with van der Waals surface area (Å²) >= 11 is 0. The van der Waals surface area contributed by atoms with E-state index in [0.717, 1.165) is 37.1 Å². The number of hydrogen-bond acceptors (Lipinski definition) is 4. The molecule has 3 rings (SSSR count). The maximum Gasteiger partial charge on any atom is 0.319 e. The van der Waals surface area contributed by atoms with Crippen LogP contribution in [0.4, 0.5) is 10.5 Å². The smallest absolute Gasteiger partial charge is 0.319 e. The van der Waals surface area contributed by atoms with E-state index in [1.807, 2.05) is 53.4 Å². The Morgan fingerprint density at radius 3 is 2.57 bits per heavy atom. The third-order valence-electron chi connectivity index (χ3n) is 4.91. The highest BCUT2D eigenvalue weighted by Crippen LogP contribution is 2.15. The number of likely N-dealkylation sites (tertiary alicyclic amines) is 1. The van der Waals surface area contributed by atoms with Crippen molar-refractivity contribution in [2.75, 3.05) is 38.7 Å². The normalized spacial score (nSPS) is 13.3. The number of carbonyl (C=O) groups is 2. The third kappa shape index (κ3) is 6.57. The van der Waals surface area contributed by atoms with E-state index in [1.165, 1.54) is 0 Å². The molecule has 1 fully saturated rings. The Morgan fingerprint density at radius 2 is 1.77 bits per heavy atom. The van der Waals surface area contributed by atoms with Crippen LogP contribution in [0.15, 0.2) is 48.5 Å². The Kier molecular flexibility index (Phi) is 8.23. The van der Waals surface area contributed by atoms with Gasteiger partial charge in [-0.15, -0.1) is 0 Å². The van der Waals surface area contributed by atoms with Gasteiger partial charge in [0, 0.05) is 38.0 Å². The fraction of sp³-hybridized carbons (Fsp3) is 0.391. The second kappa shape index (κ2) is 11.3. The van der Waals surface area contributed by atoms with E-state index in [9.17, 15) is 9.59 Å². The first-order chi connectivity index (χ1) is 14.7. The monoisotopic (exact) mass is 411 g/mol. The highest BCUT2D eigenvalue weighted by molar-refractivity contribution is 5.94. The number of hydrogen-bond donors (Lipinski definition) is 2. The molecule has 7 heteroatoms. The molecule has 160 valence electrons. The van der Waals surface area contributed by atoms with Crippen molar-refractivity contribution < 1.29 is 19.1 Å². The van der Waals surface area contributed by atoms with Gasteiger partial charge in [-0.05, 0) is 48.2 Å². The van der Waals surface area contributed by atoms with E-state index in [2.05, 4.69) is 10.6 Å². The number of carbonyl (C=O) groups excluding carboxylic acids is 2. The van der Waals surface area contributed by atoms with Gasteiger partial charge in [0.25, 0.3) is 5.91 Å². The van der Waals surface area contributed by atoms with Crippen molar-refractivity contribution >= 4 is 17.6 Å². The number of rotatable bonds is 9. The lowest BCUT2D eigenvalue weighted by atomic mass is 10.1. The van der Waals surface area contributed by atoms with Gasteiger partial charge < -0.3 is 25.0 Å². The predicted molar refractivity (Wildman–Crippen MR) is 115 cm³/mol. The first-order valence-electron chi connectivity index (χ1n) is 10.2. The zero-order valence-corrected chi connectivity index (χ0v) is 17.4. The van der Waals surface area contributed by atoms with Crippen LogP contribution in [0.25, 0.3) is 0 Å². The van der Waals surface area contributed by atoms with E-state index in [1.54, 1.807) is 7.11 Å². The van der Waals surface area contributed by atoms with Gasteiger partial charge in [0.1, 0.15) is 0 Å². The summed E-state index contributed by atoms with van der Waals surface area (Å²) in [6, 6.07) is 14.6. The average molecular weight is 412 g/mol. The zero-order chi connectivity index (χ0) is 21.2. The molecule has 0 unspecified atom stereocenters. The second-order valence-electron chi connectivity index (χ2n) is 7.25. The molecule has 1 heterocycles. The lowest BCUT2D eigenvalue weighted by molar-refractivity contribution is 0.0617. The molecule has 0 aromatic heterocycles. The fourth-order valence-corrected chi connectivity index (χ4v) is 3.35. The molecule has 1 saturated heterocycles. The van der Waals surface area contributed by atoms with Crippen LogP contribution in [0.3, 0.4) is 0 Å². The van der Waals surface area contributed by atoms with Crippen molar-refractivity contribution in [1.82, 2.24) is 10.2 Å². The second-order valence-corrected chi connectivity index (χ2v) is 7.25. The minimum absolute atomic E-state index is 0.0586. The van der Waals surface area contributed by atoms with Crippen molar-refractivity contribution in [3.63, 3.8) is 0 Å². The summed E-state index contributed by atoms with van der Waals surface area (Å²) in [6.45, 7) is 3.50. The Labute approximate surface area is 177 Å². The molecule has 7 nitrogen and oxygen atoms in total. The number of urea groups is 1. The van der Waals surface area contributed by atoms with Gasteiger partial charge in [-0.2, -0.15) is 0 Å². The molecule has 2 aromatic rings. The summed E-state index contributed by atoms with van der Waals surface area (Å²) in [6.07, 6.45) is 2.13. The van der Waals surface area contributed by atoms with Gasteiger partial charge in [0.2, 0.25) is 0 Å². The largest absolute Gasteiger partial charge is 0.382 e. The zero-order valence-electron chi connectivity index (χ0n) is 17.4. The van der Waals surface area contributed by atoms with Crippen molar-refractivity contribution in [2.24, 2.45) is 0 Å². The van der Waals surface area contributed by atoms with Gasteiger partial charge in [-0.25, -0.2) is 4.79 Å². The summed E-state index contributed by atoms with van der Waals surface area (Å²) in [5.74, 6) is 0.0586. The highest BCUT2D eigenvalue weighted by Gasteiger charge is 2.19. The standard InChI is InChI=1S/C23H29N3O4/c1-29-12-13-30-17-19-7-5-9-21(15-19)25-23(28)24-16-18-6-4-8-20(14-18)22(27)26-10-2-3-11-26/h4-9,14-15H,2-3,10-13,16-17H2,1H3,(H2,24,25,28). The van der Waals surface area contributed by atoms with Gasteiger partial charge in [-0.3, -0.25) is 4.79 Å². The number of benzene rings is 2. The fourth-order valence-electron chi connectivity index (χ4n) is 3.35. The van der Waals surface area contributed by atoms with Crippen LogP contribution in [0.1, 0.15) is 34.3 Å². The Morgan fingerprint density at radius 1 is 1.00 bits per heavy atom. The van der Waals surface area contributed by atoms with E-state index in [4.69, 9.17) is 9.47 Å². The van der Waals surface area contributed by atoms with Gasteiger partial charge in [0.05, 0.1) is 19.8 Å². The van der Waals surface area contributed by atoms with Crippen LogP contribution in [-0.2, 0) is 22.6 Å². The Balaban J connectivity index is 1.49. The lowest BCUT2D eigenvalue weighted by Gasteiger charge is -2.16. The number of amides is 3. The molecular weight excluding hydrogens is 382 g/mol. The first kappa shape index (κ1) is 21.8. The van der Waals surface area contributed by atoms with Crippen LogP contribution >= 0.6 is 0 Å². The number of anilines is 1. The molecular formula is C23H29N3O4. The molecule has 0 bridgehead atoms. The van der Waals surface area contributed by atoms with Crippen LogP contribution in [-0.4, -0.2) is 50.3 Å². The van der Waals surface area contributed by atoms with Gasteiger partial charge in [0.15, 0.2) is 0 Å². The van der Waals surface area contributed by atoms with Crippen molar-refractivity contribution in [3.05, 3.63) is 65.2 Å². The molecule has 2 aromatic carbocycles. The number of nitrogens with one attached hydrogen (secondary N) is 2. The summed E-state index contributed by atoms with van der Waals surface area (Å²) < 4.78 is 10.5. The SMILES string of the molecule is COCCOCc1cccc(NC(=O)NCc2cccc(C(=O)N3CCCC3)c2)c1. The third-order valence-corrected chi connectivity index (χ3v) is 4.91. The minimum Gasteiger partial charge on any atom is -0.382 e. The molecule has 1 aliphatic heterocycles. The Bertz CT molecular complexity index is 850. The lowest BCUT2D eigenvalue weighted by Crippen LogP contribution is -2.29. The molecule has 0 radical (unpaired) electrons. The molecule has 2 N–H and O–H groups in total. The van der Waals surface area contributed by atoms with Crippen molar-refractivity contribution in [1.29, 1.82) is 0 Å². The van der Waals surface area contributed by atoms with Crippen molar-refractivity contribution in [2.45, 2.75) is 26.0 Å². The first-order valence-corrected chi connectivity index (χ1v) is 10.2. The maximum atomic E-state index is 12.5. The number of ether oxygens (including phenoxy) is 2. The van der Waals surface area contributed by atoms with E-state index < -0.39 is 0 Å². The average Bonchev–Trinajstić information content (AvgIpc) is 3.30. The van der Waals surface area contributed by atoms with Crippen LogP contribution in [0.5, 0.6) is 0 Å². The molecule has 3 amide bonds. The number of nitrogens with zero attached hydrogens (tertiary/aromatic N) is 1.